The summed E-state index contributed by atoms with van der Waals surface area (Å²) in [7, 11) is 0. The van der Waals surface area contributed by atoms with E-state index in [-0.39, 0.29) is 0 Å². The molecule has 0 aliphatic carbocycles. The van der Waals surface area contributed by atoms with Gasteiger partial charge in [-0.2, -0.15) is 4.37 Å². The van der Waals surface area contributed by atoms with Crippen LogP contribution in [0.15, 0.2) is 12.4 Å². The van der Waals surface area contributed by atoms with E-state index in [4.69, 9.17) is 0 Å². The van der Waals surface area contributed by atoms with Gasteiger partial charge in [0, 0.05) is 6.54 Å². The van der Waals surface area contributed by atoms with Gasteiger partial charge >= 0.3 is 0 Å². The Hall–Kier alpha value is -0.740. The molecule has 1 aliphatic rings. The lowest BCUT2D eigenvalue weighted by atomic mass is 10.1. The third-order valence-corrected chi connectivity index (χ3v) is 2.44. The SMILES string of the molecule is C1=C(c2ncns2)CCNC1. The van der Waals surface area contributed by atoms with Crippen LogP contribution in [0.5, 0.6) is 0 Å². The Morgan fingerprint density at radius 2 is 2.55 bits per heavy atom. The fraction of sp³-hybridized carbons (Fsp3) is 0.429. The van der Waals surface area contributed by atoms with Gasteiger partial charge < -0.3 is 5.32 Å². The third kappa shape index (κ3) is 1.46. The van der Waals surface area contributed by atoms with Crippen LogP contribution in [0, 0.1) is 0 Å². The molecule has 0 spiro atoms. The van der Waals surface area contributed by atoms with Crippen molar-refractivity contribution in [3.8, 4) is 0 Å². The quantitative estimate of drug-likeness (QED) is 0.675. The molecule has 2 rings (SSSR count). The van der Waals surface area contributed by atoms with E-state index in [2.05, 4.69) is 20.8 Å². The van der Waals surface area contributed by atoms with Crippen molar-refractivity contribution in [2.75, 3.05) is 13.1 Å². The second kappa shape index (κ2) is 3.11. The van der Waals surface area contributed by atoms with Gasteiger partial charge in [-0.15, -0.1) is 0 Å². The molecule has 3 nitrogen and oxygen atoms in total. The summed E-state index contributed by atoms with van der Waals surface area (Å²) in [5.74, 6) is 0. The molecule has 0 amide bonds. The van der Waals surface area contributed by atoms with Crippen LogP contribution in [0.1, 0.15) is 11.4 Å². The number of rotatable bonds is 1. The zero-order valence-corrected chi connectivity index (χ0v) is 6.90. The van der Waals surface area contributed by atoms with Gasteiger partial charge in [0.05, 0.1) is 0 Å². The van der Waals surface area contributed by atoms with Crippen molar-refractivity contribution in [1.82, 2.24) is 14.7 Å². The highest BCUT2D eigenvalue weighted by Crippen LogP contribution is 2.19. The van der Waals surface area contributed by atoms with E-state index in [1.165, 1.54) is 17.1 Å². The average Bonchev–Trinajstić information content (AvgIpc) is 2.58. The summed E-state index contributed by atoms with van der Waals surface area (Å²) in [6, 6.07) is 0. The molecular formula is C7H9N3S. The maximum atomic E-state index is 4.15. The van der Waals surface area contributed by atoms with E-state index >= 15 is 0 Å². The molecule has 4 heteroatoms. The van der Waals surface area contributed by atoms with Gasteiger partial charge in [-0.05, 0) is 30.1 Å². The van der Waals surface area contributed by atoms with Crippen molar-refractivity contribution in [1.29, 1.82) is 0 Å². The molecule has 1 aromatic rings. The van der Waals surface area contributed by atoms with Gasteiger partial charge in [-0.25, -0.2) is 4.98 Å². The van der Waals surface area contributed by atoms with Crippen molar-refractivity contribution in [2.24, 2.45) is 0 Å². The first-order valence-corrected chi connectivity index (χ1v) is 4.41. The van der Waals surface area contributed by atoms with Crippen molar-refractivity contribution in [2.45, 2.75) is 6.42 Å². The van der Waals surface area contributed by atoms with Crippen molar-refractivity contribution < 1.29 is 0 Å². The molecule has 2 heterocycles. The van der Waals surface area contributed by atoms with Gasteiger partial charge in [0.1, 0.15) is 11.3 Å². The van der Waals surface area contributed by atoms with Crippen molar-refractivity contribution in [3.63, 3.8) is 0 Å². The highest BCUT2D eigenvalue weighted by atomic mass is 32.1. The van der Waals surface area contributed by atoms with E-state index in [9.17, 15) is 0 Å². The van der Waals surface area contributed by atoms with E-state index in [1.807, 2.05) is 0 Å². The summed E-state index contributed by atoms with van der Waals surface area (Å²) >= 11 is 1.47. The van der Waals surface area contributed by atoms with E-state index in [0.717, 1.165) is 24.5 Å². The Balaban J connectivity index is 2.22. The summed E-state index contributed by atoms with van der Waals surface area (Å²) in [5.41, 5.74) is 1.34. The van der Waals surface area contributed by atoms with Gasteiger partial charge in [0.25, 0.3) is 0 Å². The summed E-state index contributed by atoms with van der Waals surface area (Å²) in [4.78, 5) is 4.15. The van der Waals surface area contributed by atoms with Crippen LogP contribution in [-0.2, 0) is 0 Å². The first-order valence-electron chi connectivity index (χ1n) is 3.63. The molecule has 0 atom stereocenters. The van der Waals surface area contributed by atoms with Gasteiger partial charge in [0.2, 0.25) is 0 Å². The van der Waals surface area contributed by atoms with Gasteiger partial charge in [0.15, 0.2) is 0 Å². The van der Waals surface area contributed by atoms with Crippen LogP contribution >= 0.6 is 11.5 Å². The molecule has 0 fully saturated rings. The molecule has 0 unspecified atom stereocenters. The molecule has 0 radical (unpaired) electrons. The number of nitrogens with zero attached hydrogens (tertiary/aromatic N) is 2. The Morgan fingerprint density at radius 3 is 3.18 bits per heavy atom. The molecule has 0 aromatic carbocycles. The van der Waals surface area contributed by atoms with E-state index < -0.39 is 0 Å². The standard InChI is InChI=1S/C7H9N3S/c1-3-8-4-2-6(1)7-9-5-10-11-7/h1,5,8H,2-4H2. The molecule has 1 N–H and O–H groups in total. The maximum Gasteiger partial charge on any atom is 0.139 e. The summed E-state index contributed by atoms with van der Waals surface area (Å²) in [6.45, 7) is 2.03. The number of aromatic nitrogens is 2. The fourth-order valence-corrected chi connectivity index (χ4v) is 1.72. The van der Waals surface area contributed by atoms with E-state index in [0.29, 0.717) is 0 Å². The normalized spacial score (nSPS) is 18.0. The highest BCUT2D eigenvalue weighted by molar-refractivity contribution is 7.06. The predicted octanol–water partition coefficient (Wildman–Crippen LogP) is 0.915. The third-order valence-electron chi connectivity index (χ3n) is 1.70. The Bertz CT molecular complexity index is 253. The second-order valence-corrected chi connectivity index (χ2v) is 3.21. The minimum Gasteiger partial charge on any atom is -0.313 e. The second-order valence-electron chi connectivity index (χ2n) is 2.43. The molecule has 58 valence electrons. The highest BCUT2D eigenvalue weighted by Gasteiger charge is 2.07. The smallest absolute Gasteiger partial charge is 0.139 e. The molecule has 1 aromatic heterocycles. The topological polar surface area (TPSA) is 37.8 Å². The molecule has 0 saturated heterocycles. The fourth-order valence-electron chi connectivity index (χ4n) is 1.13. The Labute approximate surface area is 69.3 Å². The van der Waals surface area contributed by atoms with Gasteiger partial charge in [-0.1, -0.05) is 6.08 Å². The molecule has 0 saturated carbocycles. The first-order chi connectivity index (χ1) is 5.47. The van der Waals surface area contributed by atoms with Crippen LogP contribution in [0.2, 0.25) is 0 Å². The van der Waals surface area contributed by atoms with Crippen molar-refractivity contribution >= 4 is 17.1 Å². The maximum absolute atomic E-state index is 4.15. The predicted molar refractivity (Wildman–Crippen MR) is 45.4 cm³/mol. The monoisotopic (exact) mass is 167 g/mol. The number of hydrogen-bond donors (Lipinski definition) is 1. The Morgan fingerprint density at radius 1 is 1.55 bits per heavy atom. The van der Waals surface area contributed by atoms with Gasteiger partial charge in [-0.3, -0.25) is 0 Å². The zero-order chi connectivity index (χ0) is 7.52. The lowest BCUT2D eigenvalue weighted by molar-refractivity contribution is 0.738. The van der Waals surface area contributed by atoms with Crippen LogP contribution in [0.4, 0.5) is 0 Å². The number of nitrogens with one attached hydrogen (secondary N) is 1. The van der Waals surface area contributed by atoms with Crippen LogP contribution in [-0.4, -0.2) is 22.4 Å². The minimum atomic E-state index is 0.967. The van der Waals surface area contributed by atoms with Crippen LogP contribution in [0.3, 0.4) is 0 Å². The van der Waals surface area contributed by atoms with E-state index in [1.54, 1.807) is 6.33 Å². The lowest BCUT2D eigenvalue weighted by Gasteiger charge is -2.10. The summed E-state index contributed by atoms with van der Waals surface area (Å²) in [6.07, 6.45) is 4.88. The zero-order valence-electron chi connectivity index (χ0n) is 6.08. The molecule has 11 heavy (non-hydrogen) atoms. The summed E-state index contributed by atoms with van der Waals surface area (Å²) < 4.78 is 3.97. The minimum absolute atomic E-state index is 0.967. The number of hydrogen-bond acceptors (Lipinski definition) is 4. The van der Waals surface area contributed by atoms with Crippen LogP contribution in [0.25, 0.3) is 5.57 Å². The molecule has 0 bridgehead atoms. The Kier molecular flexibility index (Phi) is 1.96. The molecular weight excluding hydrogens is 158 g/mol. The van der Waals surface area contributed by atoms with Crippen molar-refractivity contribution in [3.05, 3.63) is 17.4 Å². The first kappa shape index (κ1) is 6.94. The summed E-state index contributed by atoms with van der Waals surface area (Å²) in [5, 5.41) is 4.33. The largest absolute Gasteiger partial charge is 0.313 e. The average molecular weight is 167 g/mol. The van der Waals surface area contributed by atoms with Crippen LogP contribution < -0.4 is 5.32 Å². The lowest BCUT2D eigenvalue weighted by Crippen LogP contribution is -2.19. The molecule has 1 aliphatic heterocycles.